The van der Waals surface area contributed by atoms with Crippen LogP contribution in [0.5, 0.6) is 11.5 Å². The summed E-state index contributed by atoms with van der Waals surface area (Å²) in [5.41, 5.74) is 9.73. The molecule has 3 aromatic rings. The molecule has 0 aliphatic heterocycles. The van der Waals surface area contributed by atoms with Crippen LogP contribution in [0.1, 0.15) is 11.1 Å². The number of hydrogen-bond acceptors (Lipinski definition) is 3. The number of aryl methyl sites for hydroxylation is 2. The van der Waals surface area contributed by atoms with Gasteiger partial charge in [0.2, 0.25) is 0 Å². The number of aromatic nitrogens is 1. The van der Waals surface area contributed by atoms with Gasteiger partial charge in [-0.3, -0.25) is 4.98 Å². The number of fused-ring (bicyclic) bond motifs is 1. The van der Waals surface area contributed by atoms with Gasteiger partial charge in [0.25, 0.3) is 0 Å². The third kappa shape index (κ3) is 2.72. The lowest BCUT2D eigenvalue weighted by molar-refractivity contribution is 0.486. The molecule has 2 N–H and O–H groups in total. The minimum Gasteiger partial charge on any atom is -0.454 e. The van der Waals surface area contributed by atoms with E-state index in [1.165, 1.54) is 5.56 Å². The van der Waals surface area contributed by atoms with Crippen LogP contribution in [0.25, 0.3) is 10.9 Å². The summed E-state index contributed by atoms with van der Waals surface area (Å²) in [6.45, 7) is 4.09. The maximum absolute atomic E-state index is 6.08. The van der Waals surface area contributed by atoms with E-state index in [0.717, 1.165) is 26.7 Å². The van der Waals surface area contributed by atoms with Crippen molar-refractivity contribution in [1.29, 1.82) is 0 Å². The van der Waals surface area contributed by atoms with Crippen molar-refractivity contribution >= 4 is 32.5 Å². The Morgan fingerprint density at radius 1 is 1.10 bits per heavy atom. The average Bonchev–Trinajstić information content (AvgIpc) is 2.44. The van der Waals surface area contributed by atoms with E-state index >= 15 is 0 Å². The molecule has 0 radical (unpaired) electrons. The molecule has 106 valence electrons. The fourth-order valence-corrected chi connectivity index (χ4v) is 2.65. The fourth-order valence-electron chi connectivity index (χ4n) is 2.29. The standard InChI is InChI=1S/C17H15BrN2O/c1-10-3-6-16(11(2)7-10)21-17-13-8-12(18)4-5-15(13)20-9-14(17)19/h3-9H,19H2,1-2H3. The van der Waals surface area contributed by atoms with Crippen molar-refractivity contribution in [3.05, 3.63) is 58.2 Å². The van der Waals surface area contributed by atoms with Crippen LogP contribution in [0.4, 0.5) is 5.69 Å². The van der Waals surface area contributed by atoms with E-state index in [2.05, 4.69) is 33.9 Å². The third-order valence-electron chi connectivity index (χ3n) is 3.35. The molecule has 0 unspecified atom stereocenters. The SMILES string of the molecule is Cc1ccc(Oc2c(N)cnc3ccc(Br)cc23)c(C)c1. The largest absolute Gasteiger partial charge is 0.454 e. The quantitative estimate of drug-likeness (QED) is 0.713. The monoisotopic (exact) mass is 342 g/mol. The number of ether oxygens (including phenoxy) is 1. The lowest BCUT2D eigenvalue weighted by atomic mass is 10.1. The molecule has 1 aromatic heterocycles. The summed E-state index contributed by atoms with van der Waals surface area (Å²) in [5, 5.41) is 0.893. The molecule has 0 spiro atoms. The molecule has 0 bridgehead atoms. The van der Waals surface area contributed by atoms with Crippen molar-refractivity contribution in [3.8, 4) is 11.5 Å². The van der Waals surface area contributed by atoms with Gasteiger partial charge in [0.1, 0.15) is 5.75 Å². The highest BCUT2D eigenvalue weighted by molar-refractivity contribution is 9.10. The van der Waals surface area contributed by atoms with Crippen molar-refractivity contribution in [3.63, 3.8) is 0 Å². The average molecular weight is 343 g/mol. The van der Waals surface area contributed by atoms with Crippen LogP contribution in [0.15, 0.2) is 47.1 Å². The first kappa shape index (κ1) is 13.9. The number of anilines is 1. The van der Waals surface area contributed by atoms with Crippen molar-refractivity contribution in [2.75, 3.05) is 5.73 Å². The normalized spacial score (nSPS) is 10.8. The van der Waals surface area contributed by atoms with Gasteiger partial charge in [0.05, 0.1) is 17.4 Å². The first-order valence-electron chi connectivity index (χ1n) is 6.63. The van der Waals surface area contributed by atoms with E-state index < -0.39 is 0 Å². The second-order valence-electron chi connectivity index (χ2n) is 5.08. The first-order valence-corrected chi connectivity index (χ1v) is 7.43. The summed E-state index contributed by atoms with van der Waals surface area (Å²) in [5.74, 6) is 1.45. The van der Waals surface area contributed by atoms with Gasteiger partial charge in [-0.2, -0.15) is 0 Å². The van der Waals surface area contributed by atoms with E-state index in [1.54, 1.807) is 6.20 Å². The zero-order chi connectivity index (χ0) is 15.0. The molecule has 0 amide bonds. The fraction of sp³-hybridized carbons (Fsp3) is 0.118. The highest BCUT2D eigenvalue weighted by Crippen LogP contribution is 2.36. The zero-order valence-corrected chi connectivity index (χ0v) is 13.4. The smallest absolute Gasteiger partial charge is 0.161 e. The molecule has 1 heterocycles. The molecule has 0 atom stereocenters. The Bertz CT molecular complexity index is 825. The van der Waals surface area contributed by atoms with Gasteiger partial charge >= 0.3 is 0 Å². The van der Waals surface area contributed by atoms with E-state index in [4.69, 9.17) is 10.5 Å². The number of nitrogens with zero attached hydrogens (tertiary/aromatic N) is 1. The molecular formula is C17H15BrN2O. The Morgan fingerprint density at radius 2 is 1.90 bits per heavy atom. The second-order valence-corrected chi connectivity index (χ2v) is 5.99. The number of pyridine rings is 1. The van der Waals surface area contributed by atoms with Gasteiger partial charge in [-0.25, -0.2) is 0 Å². The summed E-state index contributed by atoms with van der Waals surface area (Å²) >= 11 is 3.48. The van der Waals surface area contributed by atoms with Gasteiger partial charge in [-0.1, -0.05) is 33.6 Å². The Labute approximate surface area is 131 Å². The second kappa shape index (κ2) is 5.37. The number of nitrogen functional groups attached to an aromatic ring is 1. The van der Waals surface area contributed by atoms with E-state index in [-0.39, 0.29) is 0 Å². The van der Waals surface area contributed by atoms with Crippen molar-refractivity contribution in [1.82, 2.24) is 4.98 Å². The molecule has 0 aliphatic carbocycles. The minimum absolute atomic E-state index is 0.528. The van der Waals surface area contributed by atoms with E-state index in [1.807, 2.05) is 37.3 Å². The molecule has 0 aliphatic rings. The molecular weight excluding hydrogens is 328 g/mol. The summed E-state index contributed by atoms with van der Waals surface area (Å²) < 4.78 is 7.04. The summed E-state index contributed by atoms with van der Waals surface area (Å²) in [4.78, 5) is 4.33. The molecule has 21 heavy (non-hydrogen) atoms. The van der Waals surface area contributed by atoms with Crippen LogP contribution >= 0.6 is 15.9 Å². The topological polar surface area (TPSA) is 48.1 Å². The van der Waals surface area contributed by atoms with Crippen LogP contribution in [0.3, 0.4) is 0 Å². The Balaban J connectivity index is 2.15. The minimum atomic E-state index is 0.528. The van der Waals surface area contributed by atoms with Crippen LogP contribution in [0.2, 0.25) is 0 Å². The van der Waals surface area contributed by atoms with Crippen molar-refractivity contribution in [2.24, 2.45) is 0 Å². The zero-order valence-electron chi connectivity index (χ0n) is 11.9. The van der Waals surface area contributed by atoms with Crippen molar-refractivity contribution < 1.29 is 4.74 Å². The van der Waals surface area contributed by atoms with Crippen LogP contribution in [0, 0.1) is 13.8 Å². The molecule has 2 aromatic carbocycles. The highest BCUT2D eigenvalue weighted by atomic mass is 79.9. The summed E-state index contributed by atoms with van der Waals surface area (Å²) in [6.07, 6.45) is 1.63. The maximum Gasteiger partial charge on any atom is 0.161 e. The predicted octanol–water partition coefficient (Wildman–Crippen LogP) is 4.99. The molecule has 0 fully saturated rings. The number of rotatable bonds is 2. The predicted molar refractivity (Wildman–Crippen MR) is 89.8 cm³/mol. The Kier molecular flexibility index (Phi) is 3.55. The first-order chi connectivity index (χ1) is 10.0. The van der Waals surface area contributed by atoms with Crippen LogP contribution in [-0.2, 0) is 0 Å². The van der Waals surface area contributed by atoms with Crippen molar-refractivity contribution in [2.45, 2.75) is 13.8 Å². The van der Waals surface area contributed by atoms with Crippen LogP contribution in [-0.4, -0.2) is 4.98 Å². The highest BCUT2D eigenvalue weighted by Gasteiger charge is 2.11. The van der Waals surface area contributed by atoms with Gasteiger partial charge in [0.15, 0.2) is 5.75 Å². The van der Waals surface area contributed by atoms with E-state index in [0.29, 0.717) is 11.4 Å². The summed E-state index contributed by atoms with van der Waals surface area (Å²) in [7, 11) is 0. The molecule has 0 saturated heterocycles. The number of hydrogen-bond donors (Lipinski definition) is 1. The third-order valence-corrected chi connectivity index (χ3v) is 3.84. The van der Waals surface area contributed by atoms with Gasteiger partial charge in [-0.05, 0) is 43.7 Å². The molecule has 4 heteroatoms. The molecule has 0 saturated carbocycles. The number of halogens is 1. The summed E-state index contributed by atoms with van der Waals surface area (Å²) in [6, 6.07) is 11.9. The lowest BCUT2D eigenvalue weighted by Gasteiger charge is -2.13. The molecule has 3 rings (SSSR count). The van der Waals surface area contributed by atoms with Gasteiger partial charge in [-0.15, -0.1) is 0 Å². The van der Waals surface area contributed by atoms with Gasteiger partial charge in [0, 0.05) is 9.86 Å². The van der Waals surface area contributed by atoms with Gasteiger partial charge < -0.3 is 10.5 Å². The number of benzene rings is 2. The van der Waals surface area contributed by atoms with E-state index in [9.17, 15) is 0 Å². The Hall–Kier alpha value is -2.07. The molecule has 3 nitrogen and oxygen atoms in total. The number of nitrogens with two attached hydrogens (primary N) is 1. The lowest BCUT2D eigenvalue weighted by Crippen LogP contribution is -1.96. The maximum atomic E-state index is 6.08. The van der Waals surface area contributed by atoms with Crippen LogP contribution < -0.4 is 10.5 Å². The Morgan fingerprint density at radius 3 is 2.67 bits per heavy atom.